The zero-order valence-corrected chi connectivity index (χ0v) is 6.93. The van der Waals surface area contributed by atoms with E-state index in [0.29, 0.717) is 0 Å². The predicted molar refractivity (Wildman–Crippen MR) is 23.1 cm³/mol. The number of rotatable bonds is 0. The number of aromatic nitrogens is 1. The van der Waals surface area contributed by atoms with Crippen molar-refractivity contribution in [2.45, 2.75) is 0 Å². The summed E-state index contributed by atoms with van der Waals surface area (Å²) in [6, 6.07) is 5.50. The maximum Gasteiger partial charge on any atom is 2.00 e. The van der Waals surface area contributed by atoms with Gasteiger partial charge in [-0.25, -0.2) is 0 Å². The van der Waals surface area contributed by atoms with E-state index in [1.165, 1.54) is 0 Å². The third-order valence-corrected chi connectivity index (χ3v) is 0.517. The monoisotopic (exact) mass is 142 g/mol. The molecular formula is C5H4NZn+. The number of pyridine rings is 1. The van der Waals surface area contributed by atoms with Crippen LogP contribution < -0.4 is 0 Å². The summed E-state index contributed by atoms with van der Waals surface area (Å²) in [5.74, 6) is 0. The summed E-state index contributed by atoms with van der Waals surface area (Å²) in [6.45, 7) is 0. The molecule has 7 heavy (non-hydrogen) atoms. The fourth-order valence-corrected chi connectivity index (χ4v) is 0.277. The van der Waals surface area contributed by atoms with Crippen molar-refractivity contribution in [2.24, 2.45) is 0 Å². The van der Waals surface area contributed by atoms with Gasteiger partial charge in [0, 0.05) is 0 Å². The molecule has 0 radical (unpaired) electrons. The van der Waals surface area contributed by atoms with E-state index >= 15 is 0 Å². The maximum atomic E-state index is 3.66. The summed E-state index contributed by atoms with van der Waals surface area (Å²) < 4.78 is 0. The fourth-order valence-electron chi connectivity index (χ4n) is 0.277. The molecule has 0 aliphatic rings. The van der Waals surface area contributed by atoms with E-state index in [1.54, 1.807) is 12.3 Å². The zero-order chi connectivity index (χ0) is 4.24. The molecule has 1 aromatic rings. The minimum absolute atomic E-state index is 0. The van der Waals surface area contributed by atoms with Crippen LogP contribution in [0.3, 0.4) is 0 Å². The number of nitrogens with zero attached hydrogens (tertiary/aromatic N) is 1. The van der Waals surface area contributed by atoms with Crippen molar-refractivity contribution in [3.05, 3.63) is 30.6 Å². The minimum Gasteiger partial charge on any atom is -0.394 e. The SMILES string of the molecule is [Zn+2].[c-]1ccccn1. The Morgan fingerprint density at radius 2 is 2.14 bits per heavy atom. The molecule has 0 aliphatic carbocycles. The molecule has 0 N–H and O–H groups in total. The van der Waals surface area contributed by atoms with Gasteiger partial charge in [0.2, 0.25) is 0 Å². The van der Waals surface area contributed by atoms with Crippen molar-refractivity contribution in [1.29, 1.82) is 0 Å². The zero-order valence-electron chi connectivity index (χ0n) is 3.96. The van der Waals surface area contributed by atoms with Gasteiger partial charge in [-0.05, 0) is 0 Å². The van der Waals surface area contributed by atoms with Crippen LogP contribution in [0, 0.1) is 6.20 Å². The van der Waals surface area contributed by atoms with E-state index in [2.05, 4.69) is 11.2 Å². The summed E-state index contributed by atoms with van der Waals surface area (Å²) in [5, 5.41) is 0. The molecule has 0 saturated carbocycles. The van der Waals surface area contributed by atoms with Crippen molar-refractivity contribution in [3.8, 4) is 0 Å². The van der Waals surface area contributed by atoms with Gasteiger partial charge in [0.25, 0.3) is 0 Å². The average Bonchev–Trinajstić information content (AvgIpc) is 1.72. The first kappa shape index (κ1) is 6.77. The molecule has 0 amide bonds. The Labute approximate surface area is 55.5 Å². The van der Waals surface area contributed by atoms with Gasteiger partial charge in [0.15, 0.2) is 0 Å². The van der Waals surface area contributed by atoms with E-state index in [0.717, 1.165) is 0 Å². The topological polar surface area (TPSA) is 12.9 Å². The average molecular weight is 143 g/mol. The molecule has 1 nitrogen and oxygen atoms in total. The Hall–Kier alpha value is -0.227. The second kappa shape index (κ2) is 3.95. The fraction of sp³-hybridized carbons (Fsp3) is 0. The van der Waals surface area contributed by atoms with Gasteiger partial charge in [-0.1, -0.05) is 12.4 Å². The van der Waals surface area contributed by atoms with Crippen molar-refractivity contribution in [2.75, 3.05) is 0 Å². The van der Waals surface area contributed by atoms with Gasteiger partial charge in [0.1, 0.15) is 0 Å². The van der Waals surface area contributed by atoms with Gasteiger partial charge in [0.05, 0.1) is 0 Å². The molecule has 0 fully saturated rings. The summed E-state index contributed by atoms with van der Waals surface area (Å²) in [6.07, 6.45) is 4.34. The molecule has 0 spiro atoms. The molecule has 30 valence electrons. The van der Waals surface area contributed by atoms with Crippen molar-refractivity contribution in [1.82, 2.24) is 4.98 Å². The molecule has 1 aromatic heterocycles. The van der Waals surface area contributed by atoms with Crippen LogP contribution in [-0.4, -0.2) is 4.98 Å². The number of hydrogen-bond acceptors (Lipinski definition) is 1. The Balaban J connectivity index is 0.000000360. The third kappa shape index (κ3) is 2.47. The van der Waals surface area contributed by atoms with Crippen LogP contribution >= 0.6 is 0 Å². The van der Waals surface area contributed by atoms with Crippen molar-refractivity contribution in [3.63, 3.8) is 0 Å². The predicted octanol–water partition coefficient (Wildman–Crippen LogP) is 0.879. The Kier molecular flexibility index (Phi) is 3.82. The van der Waals surface area contributed by atoms with Crippen LogP contribution in [0.15, 0.2) is 24.4 Å². The molecule has 2 heteroatoms. The maximum absolute atomic E-state index is 3.66. The molecular weight excluding hydrogens is 139 g/mol. The van der Waals surface area contributed by atoms with Crippen LogP contribution in [-0.2, 0) is 19.5 Å². The third-order valence-electron chi connectivity index (χ3n) is 0.517. The van der Waals surface area contributed by atoms with E-state index < -0.39 is 0 Å². The molecule has 1 heterocycles. The Morgan fingerprint density at radius 1 is 1.29 bits per heavy atom. The summed E-state index contributed by atoms with van der Waals surface area (Å²) in [4.78, 5) is 3.66. The molecule has 1 rings (SSSR count). The number of hydrogen-bond donors (Lipinski definition) is 0. The molecule has 0 aliphatic heterocycles. The van der Waals surface area contributed by atoms with Crippen molar-refractivity contribution < 1.29 is 19.5 Å². The molecule has 0 bridgehead atoms. The largest absolute Gasteiger partial charge is 2.00 e. The second-order valence-corrected chi connectivity index (χ2v) is 0.959. The van der Waals surface area contributed by atoms with Crippen LogP contribution in [0.4, 0.5) is 0 Å². The van der Waals surface area contributed by atoms with Gasteiger partial charge < -0.3 is 4.98 Å². The van der Waals surface area contributed by atoms with E-state index in [9.17, 15) is 0 Å². The Morgan fingerprint density at radius 3 is 2.29 bits per heavy atom. The minimum atomic E-state index is 0. The van der Waals surface area contributed by atoms with Crippen LogP contribution in [0.5, 0.6) is 0 Å². The van der Waals surface area contributed by atoms with Gasteiger partial charge in [-0.15, -0.1) is 0 Å². The van der Waals surface area contributed by atoms with Crippen LogP contribution in [0.2, 0.25) is 0 Å². The van der Waals surface area contributed by atoms with E-state index in [4.69, 9.17) is 0 Å². The standard InChI is InChI=1S/C5H4N.Zn/c1-2-4-6-5-3-1;/h1-4H;/q-1;+2. The van der Waals surface area contributed by atoms with E-state index in [-0.39, 0.29) is 19.5 Å². The first-order valence-electron chi connectivity index (χ1n) is 1.77. The van der Waals surface area contributed by atoms with Gasteiger partial charge in [-0.2, -0.15) is 18.2 Å². The summed E-state index contributed by atoms with van der Waals surface area (Å²) >= 11 is 0. The van der Waals surface area contributed by atoms with Crippen molar-refractivity contribution >= 4 is 0 Å². The molecule has 0 saturated heterocycles. The van der Waals surface area contributed by atoms with Gasteiger partial charge in [-0.3, -0.25) is 0 Å². The van der Waals surface area contributed by atoms with Crippen LogP contribution in [0.25, 0.3) is 0 Å². The van der Waals surface area contributed by atoms with Gasteiger partial charge >= 0.3 is 19.5 Å². The molecule has 0 aromatic carbocycles. The molecule has 0 atom stereocenters. The quantitative estimate of drug-likeness (QED) is 0.388. The second-order valence-electron chi connectivity index (χ2n) is 0.959. The Bertz CT molecular complexity index is 80.0. The normalized spacial score (nSPS) is 6.86. The first-order chi connectivity index (χ1) is 3.00. The first-order valence-corrected chi connectivity index (χ1v) is 1.77. The summed E-state index contributed by atoms with van der Waals surface area (Å²) in [7, 11) is 0. The van der Waals surface area contributed by atoms with Crippen LogP contribution in [0.1, 0.15) is 0 Å². The van der Waals surface area contributed by atoms with E-state index in [1.807, 2.05) is 12.1 Å². The summed E-state index contributed by atoms with van der Waals surface area (Å²) in [5.41, 5.74) is 0. The molecule has 0 unspecified atom stereocenters. The smallest absolute Gasteiger partial charge is 0.394 e.